The summed E-state index contributed by atoms with van der Waals surface area (Å²) in [5.41, 5.74) is 0.580. The predicted octanol–water partition coefficient (Wildman–Crippen LogP) is 2.93. The van der Waals surface area contributed by atoms with E-state index in [9.17, 15) is 4.79 Å². The van der Waals surface area contributed by atoms with Crippen molar-refractivity contribution >= 4 is 33.4 Å². The predicted molar refractivity (Wildman–Crippen MR) is 77.1 cm³/mol. The second kappa shape index (κ2) is 6.04. The number of hydrogen-bond acceptors (Lipinski definition) is 2. The van der Waals surface area contributed by atoms with Crippen molar-refractivity contribution in [3.63, 3.8) is 0 Å². The molecule has 1 aliphatic heterocycles. The van der Waals surface area contributed by atoms with Crippen LogP contribution in [-0.2, 0) is 0 Å². The van der Waals surface area contributed by atoms with Crippen LogP contribution in [0.4, 0.5) is 0 Å². The van der Waals surface area contributed by atoms with Crippen molar-refractivity contribution in [2.75, 3.05) is 20.1 Å². The fourth-order valence-electron chi connectivity index (χ4n) is 2.23. The van der Waals surface area contributed by atoms with Crippen LogP contribution < -0.4 is 5.32 Å². The summed E-state index contributed by atoms with van der Waals surface area (Å²) in [7, 11) is 1.94. The Bertz CT molecular complexity index is 453. The molecule has 2 rings (SSSR count). The number of nitrogens with one attached hydrogen (secondary N) is 1. The second-order valence-corrected chi connectivity index (χ2v) is 5.83. The number of carbonyl (C=O) groups excluding carboxylic acids is 1. The number of carbonyl (C=O) groups is 1. The van der Waals surface area contributed by atoms with Gasteiger partial charge in [0.1, 0.15) is 0 Å². The monoisotopic (exact) mass is 330 g/mol. The van der Waals surface area contributed by atoms with E-state index in [-0.39, 0.29) is 5.91 Å². The zero-order chi connectivity index (χ0) is 13.1. The smallest absolute Gasteiger partial charge is 0.255 e. The van der Waals surface area contributed by atoms with Gasteiger partial charge < -0.3 is 10.2 Å². The Balaban J connectivity index is 2.15. The average Bonchev–Trinajstić information content (AvgIpc) is 2.38. The number of hydrogen-bond donors (Lipinski definition) is 1. The molecule has 1 saturated heterocycles. The van der Waals surface area contributed by atoms with E-state index in [2.05, 4.69) is 21.2 Å². The van der Waals surface area contributed by atoms with Crippen molar-refractivity contribution in [1.29, 1.82) is 0 Å². The summed E-state index contributed by atoms with van der Waals surface area (Å²) in [5.74, 6) is 0.0208. The molecule has 0 radical (unpaired) electrons. The molecule has 1 heterocycles. The van der Waals surface area contributed by atoms with Gasteiger partial charge in [-0.15, -0.1) is 0 Å². The molecule has 5 heteroatoms. The topological polar surface area (TPSA) is 32.3 Å². The highest BCUT2D eigenvalue weighted by Crippen LogP contribution is 2.23. The number of halogens is 2. The normalized spacial score (nSPS) is 19.9. The third kappa shape index (κ3) is 3.05. The maximum atomic E-state index is 12.4. The van der Waals surface area contributed by atoms with Crippen LogP contribution in [-0.4, -0.2) is 37.0 Å². The van der Waals surface area contributed by atoms with Crippen molar-refractivity contribution in [2.24, 2.45) is 0 Å². The Hall–Kier alpha value is -0.580. The Morgan fingerprint density at radius 2 is 2.33 bits per heavy atom. The quantitative estimate of drug-likeness (QED) is 0.904. The summed E-state index contributed by atoms with van der Waals surface area (Å²) in [5, 5.41) is 3.73. The van der Waals surface area contributed by atoms with Crippen LogP contribution in [0.5, 0.6) is 0 Å². The Morgan fingerprint density at radius 1 is 1.56 bits per heavy atom. The van der Waals surface area contributed by atoms with Crippen LogP contribution in [0.2, 0.25) is 5.02 Å². The van der Waals surface area contributed by atoms with E-state index in [1.165, 1.54) is 0 Å². The molecule has 1 aromatic carbocycles. The number of likely N-dealkylation sites (N-methyl/N-ethyl adjacent to an activating group) is 1. The standard InChI is InChI=1S/C13H16BrClN2O/c1-16-10-3-2-6-17(8-10)13(18)11-5-4-9(14)7-12(11)15/h4-5,7,10,16H,2-3,6,8H2,1H3/t10-/m1/s1. The van der Waals surface area contributed by atoms with Crippen LogP contribution in [0.15, 0.2) is 22.7 Å². The van der Waals surface area contributed by atoms with Gasteiger partial charge >= 0.3 is 0 Å². The summed E-state index contributed by atoms with van der Waals surface area (Å²) in [6.07, 6.45) is 2.15. The molecule has 1 atom stereocenters. The summed E-state index contributed by atoms with van der Waals surface area (Å²) < 4.78 is 0.885. The van der Waals surface area contributed by atoms with Gasteiger partial charge in [-0.05, 0) is 38.1 Å². The van der Waals surface area contributed by atoms with Crippen molar-refractivity contribution < 1.29 is 4.79 Å². The van der Waals surface area contributed by atoms with Crippen LogP contribution in [0, 0.1) is 0 Å². The lowest BCUT2D eigenvalue weighted by molar-refractivity contribution is 0.0698. The van der Waals surface area contributed by atoms with Gasteiger partial charge in [-0.2, -0.15) is 0 Å². The first-order valence-electron chi connectivity index (χ1n) is 6.03. The first kappa shape index (κ1) is 13.8. The van der Waals surface area contributed by atoms with Crippen molar-refractivity contribution in [3.05, 3.63) is 33.3 Å². The lowest BCUT2D eigenvalue weighted by Gasteiger charge is -2.32. The van der Waals surface area contributed by atoms with E-state index in [4.69, 9.17) is 11.6 Å². The second-order valence-electron chi connectivity index (χ2n) is 4.50. The number of piperidine rings is 1. The van der Waals surface area contributed by atoms with E-state index < -0.39 is 0 Å². The van der Waals surface area contributed by atoms with E-state index >= 15 is 0 Å². The van der Waals surface area contributed by atoms with Crippen LogP contribution >= 0.6 is 27.5 Å². The fourth-order valence-corrected chi connectivity index (χ4v) is 2.98. The summed E-state index contributed by atoms with van der Waals surface area (Å²) in [6, 6.07) is 5.77. The molecule has 1 aliphatic rings. The molecule has 1 aromatic rings. The number of nitrogens with zero attached hydrogens (tertiary/aromatic N) is 1. The fraction of sp³-hybridized carbons (Fsp3) is 0.462. The van der Waals surface area contributed by atoms with Gasteiger partial charge in [-0.1, -0.05) is 27.5 Å². The van der Waals surface area contributed by atoms with Gasteiger partial charge in [0.05, 0.1) is 10.6 Å². The average molecular weight is 332 g/mol. The number of amides is 1. The van der Waals surface area contributed by atoms with Crippen LogP contribution in [0.1, 0.15) is 23.2 Å². The van der Waals surface area contributed by atoms with E-state index in [1.807, 2.05) is 18.0 Å². The molecule has 3 nitrogen and oxygen atoms in total. The molecule has 98 valence electrons. The maximum absolute atomic E-state index is 12.4. The van der Waals surface area contributed by atoms with Gasteiger partial charge in [0.15, 0.2) is 0 Å². The molecule has 1 N–H and O–H groups in total. The van der Waals surface area contributed by atoms with Gasteiger partial charge in [0.25, 0.3) is 5.91 Å². The number of benzene rings is 1. The SMILES string of the molecule is CN[C@@H]1CCCN(C(=O)c2ccc(Br)cc2Cl)C1. The number of rotatable bonds is 2. The Morgan fingerprint density at radius 3 is 3.00 bits per heavy atom. The highest BCUT2D eigenvalue weighted by atomic mass is 79.9. The lowest BCUT2D eigenvalue weighted by atomic mass is 10.0. The third-order valence-corrected chi connectivity index (χ3v) is 4.08. The molecule has 0 aromatic heterocycles. The minimum atomic E-state index is 0.0208. The van der Waals surface area contributed by atoms with Gasteiger partial charge in [-0.25, -0.2) is 0 Å². The summed E-state index contributed by atoms with van der Waals surface area (Å²) in [6.45, 7) is 1.56. The first-order chi connectivity index (χ1) is 8.61. The van der Waals surface area contributed by atoms with Gasteiger partial charge in [-0.3, -0.25) is 4.79 Å². The number of likely N-dealkylation sites (tertiary alicyclic amines) is 1. The Labute approximate surface area is 121 Å². The molecule has 1 fully saturated rings. The molecule has 0 aliphatic carbocycles. The van der Waals surface area contributed by atoms with Gasteiger partial charge in [0.2, 0.25) is 0 Å². The third-order valence-electron chi connectivity index (χ3n) is 3.28. The molecular weight excluding hydrogens is 316 g/mol. The highest BCUT2D eigenvalue weighted by Gasteiger charge is 2.24. The first-order valence-corrected chi connectivity index (χ1v) is 7.20. The van der Waals surface area contributed by atoms with Crippen LogP contribution in [0.25, 0.3) is 0 Å². The van der Waals surface area contributed by atoms with E-state index in [0.717, 1.165) is 30.4 Å². The van der Waals surface area contributed by atoms with Crippen molar-refractivity contribution in [3.8, 4) is 0 Å². The summed E-state index contributed by atoms with van der Waals surface area (Å²) in [4.78, 5) is 14.3. The van der Waals surface area contributed by atoms with Crippen molar-refractivity contribution in [1.82, 2.24) is 10.2 Å². The summed E-state index contributed by atoms with van der Waals surface area (Å²) >= 11 is 9.46. The van der Waals surface area contributed by atoms with E-state index in [0.29, 0.717) is 16.6 Å². The Kier molecular flexibility index (Phi) is 4.65. The molecule has 0 bridgehead atoms. The minimum Gasteiger partial charge on any atom is -0.337 e. The lowest BCUT2D eigenvalue weighted by Crippen LogP contribution is -2.47. The largest absolute Gasteiger partial charge is 0.337 e. The van der Waals surface area contributed by atoms with Crippen molar-refractivity contribution in [2.45, 2.75) is 18.9 Å². The molecular formula is C13H16BrClN2O. The maximum Gasteiger partial charge on any atom is 0.255 e. The van der Waals surface area contributed by atoms with Gasteiger partial charge in [0, 0.05) is 23.6 Å². The molecule has 0 unspecified atom stereocenters. The zero-order valence-electron chi connectivity index (χ0n) is 10.2. The zero-order valence-corrected chi connectivity index (χ0v) is 12.6. The molecule has 1 amide bonds. The molecule has 18 heavy (non-hydrogen) atoms. The van der Waals surface area contributed by atoms with Crippen LogP contribution in [0.3, 0.4) is 0 Å². The van der Waals surface area contributed by atoms with E-state index in [1.54, 1.807) is 12.1 Å². The molecule has 0 spiro atoms. The highest BCUT2D eigenvalue weighted by molar-refractivity contribution is 9.10. The minimum absolute atomic E-state index is 0.0208. The molecule has 0 saturated carbocycles.